The predicted octanol–water partition coefficient (Wildman–Crippen LogP) is 7.32. The smallest absolute Gasteiger partial charge is 0.0224 e. The first-order valence-electron chi connectivity index (χ1n) is 9.65. The first-order valence-corrected chi connectivity index (χ1v) is 9.65. The van der Waals surface area contributed by atoms with Gasteiger partial charge in [0.25, 0.3) is 0 Å². The van der Waals surface area contributed by atoms with Crippen molar-refractivity contribution in [3.05, 3.63) is 70.8 Å². The van der Waals surface area contributed by atoms with Crippen molar-refractivity contribution in [1.82, 2.24) is 0 Å². The topological polar surface area (TPSA) is 0 Å². The molecule has 0 heterocycles. The number of hydrogen-bond donors (Lipinski definition) is 0. The molecule has 0 N–H and O–H groups in total. The van der Waals surface area contributed by atoms with Gasteiger partial charge in [0.2, 0.25) is 0 Å². The average Bonchev–Trinajstić information content (AvgIpc) is 2.62. The molecular formula is C24H32. The molecule has 0 aliphatic heterocycles. The Morgan fingerprint density at radius 3 is 1.92 bits per heavy atom. The van der Waals surface area contributed by atoms with E-state index in [0.717, 1.165) is 6.42 Å². The Labute approximate surface area is 148 Å². The zero-order chi connectivity index (χ0) is 17.2. The Kier molecular flexibility index (Phi) is 7.82. The predicted molar refractivity (Wildman–Crippen MR) is 108 cm³/mol. The van der Waals surface area contributed by atoms with Crippen molar-refractivity contribution in [1.29, 1.82) is 0 Å². The molecule has 128 valence electrons. The van der Waals surface area contributed by atoms with Gasteiger partial charge in [-0.05, 0) is 53.5 Å². The molecule has 0 nitrogen and oxygen atoms in total. The van der Waals surface area contributed by atoms with E-state index in [1.165, 1.54) is 66.4 Å². The van der Waals surface area contributed by atoms with E-state index in [4.69, 9.17) is 0 Å². The minimum atomic E-state index is 1.13. The van der Waals surface area contributed by atoms with E-state index in [1.807, 2.05) is 0 Å². The van der Waals surface area contributed by atoms with Crippen LogP contribution in [0.4, 0.5) is 0 Å². The highest BCUT2D eigenvalue weighted by molar-refractivity contribution is 5.81. The van der Waals surface area contributed by atoms with Crippen LogP contribution in [0.5, 0.6) is 0 Å². The van der Waals surface area contributed by atoms with Crippen molar-refractivity contribution in [2.45, 2.75) is 65.7 Å². The second kappa shape index (κ2) is 10.1. The van der Waals surface area contributed by atoms with Gasteiger partial charge in [0.05, 0.1) is 0 Å². The molecule has 24 heavy (non-hydrogen) atoms. The largest absolute Gasteiger partial charge is 0.0654 e. The van der Waals surface area contributed by atoms with E-state index >= 15 is 0 Å². The molecule has 0 radical (unpaired) electrons. The summed E-state index contributed by atoms with van der Waals surface area (Å²) in [7, 11) is 0. The third-order valence-electron chi connectivity index (χ3n) is 4.52. The highest BCUT2D eigenvalue weighted by Gasteiger charge is 2.02. The molecule has 0 heteroatoms. The number of hydrogen-bond acceptors (Lipinski definition) is 0. The Bertz CT molecular complexity index is 614. The van der Waals surface area contributed by atoms with E-state index in [0.29, 0.717) is 0 Å². The van der Waals surface area contributed by atoms with E-state index < -0.39 is 0 Å². The molecule has 2 aromatic rings. The third kappa shape index (κ3) is 5.67. The molecule has 2 rings (SSSR count). The minimum absolute atomic E-state index is 1.13. The maximum atomic E-state index is 2.36. The van der Waals surface area contributed by atoms with Crippen LogP contribution in [-0.2, 0) is 12.8 Å². The van der Waals surface area contributed by atoms with Crippen LogP contribution in [0.25, 0.3) is 11.6 Å². The van der Waals surface area contributed by atoms with E-state index in [-0.39, 0.29) is 0 Å². The molecule has 0 saturated carbocycles. The molecule has 0 atom stereocenters. The lowest BCUT2D eigenvalue weighted by molar-refractivity contribution is 0.795. The second-order valence-corrected chi connectivity index (χ2v) is 6.71. The quantitative estimate of drug-likeness (QED) is 0.424. The van der Waals surface area contributed by atoms with Gasteiger partial charge in [0.15, 0.2) is 0 Å². The summed E-state index contributed by atoms with van der Waals surface area (Å²) >= 11 is 0. The van der Waals surface area contributed by atoms with Crippen LogP contribution < -0.4 is 0 Å². The molecule has 0 spiro atoms. The van der Waals surface area contributed by atoms with Gasteiger partial charge in [-0.3, -0.25) is 0 Å². The minimum Gasteiger partial charge on any atom is -0.0654 e. The van der Waals surface area contributed by atoms with Gasteiger partial charge < -0.3 is 0 Å². The Hall–Kier alpha value is -1.82. The Morgan fingerprint density at radius 2 is 1.33 bits per heavy atom. The number of rotatable bonds is 9. The maximum absolute atomic E-state index is 2.36. The molecule has 0 saturated heterocycles. The van der Waals surface area contributed by atoms with E-state index in [9.17, 15) is 0 Å². The number of allylic oxidation sites excluding steroid dienone is 1. The molecule has 0 aliphatic carbocycles. The van der Waals surface area contributed by atoms with Crippen molar-refractivity contribution in [2.24, 2.45) is 0 Å². The number of unbranched alkanes of at least 4 members (excludes halogenated alkanes) is 1. The summed E-state index contributed by atoms with van der Waals surface area (Å²) in [6, 6.07) is 18.3. The zero-order valence-electron chi connectivity index (χ0n) is 15.6. The molecule has 0 fully saturated rings. The summed E-state index contributed by atoms with van der Waals surface area (Å²) in [5.41, 5.74) is 7.03. The highest BCUT2D eigenvalue weighted by Crippen LogP contribution is 2.24. The Morgan fingerprint density at radius 1 is 0.708 bits per heavy atom. The molecular weight excluding hydrogens is 288 g/mol. The summed E-state index contributed by atoms with van der Waals surface area (Å²) in [5, 5.41) is 0. The summed E-state index contributed by atoms with van der Waals surface area (Å²) in [5.74, 6) is 0. The van der Waals surface area contributed by atoms with Crippen molar-refractivity contribution in [3.8, 4) is 0 Å². The van der Waals surface area contributed by atoms with Crippen molar-refractivity contribution < 1.29 is 0 Å². The summed E-state index contributed by atoms with van der Waals surface area (Å²) in [6.07, 6.45) is 10.8. The molecule has 0 bridgehead atoms. The van der Waals surface area contributed by atoms with Gasteiger partial charge in [0, 0.05) is 0 Å². The van der Waals surface area contributed by atoms with Crippen molar-refractivity contribution in [2.75, 3.05) is 0 Å². The fourth-order valence-electron chi connectivity index (χ4n) is 3.11. The fraction of sp³-hybridized carbons (Fsp3) is 0.417. The number of aryl methyl sites for hydroxylation is 2. The van der Waals surface area contributed by atoms with Gasteiger partial charge in [-0.25, -0.2) is 0 Å². The maximum Gasteiger partial charge on any atom is -0.0224 e. The standard InChI is InChI=1S/C24H32/c1-4-7-10-21-11-13-22(14-12-21)19-24(9-6-3)23-17-15-20(8-5-2)16-18-23/h11-19H,4-10H2,1-3H3. The van der Waals surface area contributed by atoms with Gasteiger partial charge in [0.1, 0.15) is 0 Å². The van der Waals surface area contributed by atoms with E-state index in [2.05, 4.69) is 75.4 Å². The zero-order valence-corrected chi connectivity index (χ0v) is 15.6. The van der Waals surface area contributed by atoms with Crippen LogP contribution in [0, 0.1) is 0 Å². The van der Waals surface area contributed by atoms with Gasteiger partial charge in [-0.2, -0.15) is 0 Å². The second-order valence-electron chi connectivity index (χ2n) is 6.71. The van der Waals surface area contributed by atoms with Gasteiger partial charge in [-0.1, -0.05) is 94.6 Å². The normalized spacial score (nSPS) is 11.7. The lowest BCUT2D eigenvalue weighted by Gasteiger charge is -2.09. The SMILES string of the molecule is CCCCc1ccc(C=C(CCC)c2ccc(CCC)cc2)cc1. The lowest BCUT2D eigenvalue weighted by Crippen LogP contribution is -1.89. The van der Waals surface area contributed by atoms with Gasteiger partial charge in [-0.15, -0.1) is 0 Å². The molecule has 0 amide bonds. The van der Waals surface area contributed by atoms with Crippen LogP contribution in [-0.4, -0.2) is 0 Å². The molecule has 0 unspecified atom stereocenters. The summed E-state index contributed by atoms with van der Waals surface area (Å²) < 4.78 is 0. The Balaban J connectivity index is 2.17. The highest BCUT2D eigenvalue weighted by atomic mass is 14.1. The van der Waals surface area contributed by atoms with Crippen LogP contribution in [0.1, 0.15) is 75.1 Å². The van der Waals surface area contributed by atoms with Crippen LogP contribution in [0.3, 0.4) is 0 Å². The average molecular weight is 321 g/mol. The van der Waals surface area contributed by atoms with Crippen LogP contribution in [0.2, 0.25) is 0 Å². The fourth-order valence-corrected chi connectivity index (χ4v) is 3.11. The third-order valence-corrected chi connectivity index (χ3v) is 4.52. The van der Waals surface area contributed by atoms with Crippen molar-refractivity contribution in [3.63, 3.8) is 0 Å². The lowest BCUT2D eigenvalue weighted by atomic mass is 9.96. The van der Waals surface area contributed by atoms with Crippen LogP contribution in [0.15, 0.2) is 48.5 Å². The first-order chi connectivity index (χ1) is 11.8. The summed E-state index contributed by atoms with van der Waals surface area (Å²) in [6.45, 7) is 6.74. The monoisotopic (exact) mass is 320 g/mol. The van der Waals surface area contributed by atoms with E-state index in [1.54, 1.807) is 0 Å². The van der Waals surface area contributed by atoms with Crippen LogP contribution >= 0.6 is 0 Å². The van der Waals surface area contributed by atoms with Gasteiger partial charge >= 0.3 is 0 Å². The van der Waals surface area contributed by atoms with Crippen molar-refractivity contribution >= 4 is 11.6 Å². The first kappa shape index (κ1) is 18.5. The molecule has 0 aromatic heterocycles. The molecule has 2 aromatic carbocycles. The summed E-state index contributed by atoms with van der Waals surface area (Å²) in [4.78, 5) is 0. The molecule has 0 aliphatic rings. The number of benzene rings is 2.